The molecule has 0 bridgehead atoms. The molecule has 1 amide bonds. The number of amidine groups is 1. The monoisotopic (exact) mass is 290 g/mol. The van der Waals surface area contributed by atoms with Crippen molar-refractivity contribution in [1.82, 2.24) is 4.90 Å². The van der Waals surface area contributed by atoms with Gasteiger partial charge in [0.05, 0.1) is 17.5 Å². The van der Waals surface area contributed by atoms with Gasteiger partial charge < -0.3 is 4.90 Å². The first-order valence-corrected chi connectivity index (χ1v) is 8.92. The smallest absolute Gasteiger partial charge is 0.248 e. The highest BCUT2D eigenvalue weighted by molar-refractivity contribution is 8.15. The first kappa shape index (κ1) is 13.9. The molecule has 0 spiro atoms. The van der Waals surface area contributed by atoms with E-state index in [4.69, 9.17) is 0 Å². The van der Waals surface area contributed by atoms with Gasteiger partial charge in [0.1, 0.15) is 0 Å². The maximum absolute atomic E-state index is 11.6. The van der Waals surface area contributed by atoms with Crippen molar-refractivity contribution >= 4 is 32.7 Å². The lowest BCUT2D eigenvalue weighted by Crippen LogP contribution is -2.37. The molecule has 2 aliphatic rings. The van der Waals surface area contributed by atoms with Crippen molar-refractivity contribution < 1.29 is 13.2 Å². The van der Waals surface area contributed by atoms with Crippen LogP contribution >= 0.6 is 11.8 Å². The van der Waals surface area contributed by atoms with Crippen molar-refractivity contribution in [2.24, 2.45) is 4.99 Å². The number of aliphatic imine (C=N–C) groups is 1. The third-order valence-electron chi connectivity index (χ3n) is 3.20. The van der Waals surface area contributed by atoms with Crippen LogP contribution in [0.5, 0.6) is 0 Å². The third kappa shape index (κ3) is 2.71. The van der Waals surface area contributed by atoms with Crippen molar-refractivity contribution in [3.63, 3.8) is 0 Å². The zero-order valence-electron chi connectivity index (χ0n) is 10.6. The summed E-state index contributed by atoms with van der Waals surface area (Å²) in [7, 11) is -2.91. The maximum Gasteiger partial charge on any atom is 0.248 e. The van der Waals surface area contributed by atoms with Crippen LogP contribution in [-0.4, -0.2) is 53.7 Å². The quantitative estimate of drug-likeness (QED) is 0.772. The Hall–Kier alpha value is -0.560. The number of rotatable bonds is 3. The Morgan fingerprint density at radius 3 is 2.78 bits per heavy atom. The molecule has 0 aliphatic carbocycles. The lowest BCUT2D eigenvalue weighted by Gasteiger charge is -2.22. The SMILES string of the molecule is CCCC(=O)N=C1S[C@@H]2CS(=O)(=O)C[C@@H]2N1CC. The number of thioether (sulfide) groups is 1. The summed E-state index contributed by atoms with van der Waals surface area (Å²) in [5, 5.41) is 0.754. The second kappa shape index (κ2) is 5.21. The standard InChI is InChI=1S/C11H18N2O3S2/c1-3-5-10(14)12-11-13(4-2)8-6-18(15,16)7-9(8)17-11/h8-9H,3-7H2,1-2H3/t8-,9+/m0/s1. The number of hydrogen-bond acceptors (Lipinski definition) is 4. The van der Waals surface area contributed by atoms with Gasteiger partial charge in [0.2, 0.25) is 5.91 Å². The van der Waals surface area contributed by atoms with Crippen LogP contribution in [0.3, 0.4) is 0 Å². The fraction of sp³-hybridized carbons (Fsp3) is 0.818. The van der Waals surface area contributed by atoms with E-state index in [0.29, 0.717) is 18.1 Å². The Bertz CT molecular complexity index is 473. The van der Waals surface area contributed by atoms with Gasteiger partial charge in [0.15, 0.2) is 15.0 Å². The van der Waals surface area contributed by atoms with Crippen LogP contribution in [0.4, 0.5) is 0 Å². The van der Waals surface area contributed by atoms with E-state index in [1.165, 1.54) is 11.8 Å². The molecular weight excluding hydrogens is 272 g/mol. The molecule has 102 valence electrons. The van der Waals surface area contributed by atoms with Crippen LogP contribution in [0, 0.1) is 0 Å². The topological polar surface area (TPSA) is 66.8 Å². The molecule has 5 nitrogen and oxygen atoms in total. The molecule has 0 radical (unpaired) electrons. The van der Waals surface area contributed by atoms with Gasteiger partial charge in [-0.3, -0.25) is 4.79 Å². The van der Waals surface area contributed by atoms with Crippen LogP contribution < -0.4 is 0 Å². The number of hydrogen-bond donors (Lipinski definition) is 0. The van der Waals surface area contributed by atoms with Crippen LogP contribution in [0.2, 0.25) is 0 Å². The summed E-state index contributed by atoms with van der Waals surface area (Å²) >= 11 is 1.45. The number of fused-ring (bicyclic) bond motifs is 1. The Balaban J connectivity index is 2.16. The number of sulfone groups is 1. The molecular formula is C11H18N2O3S2. The summed E-state index contributed by atoms with van der Waals surface area (Å²) in [6, 6.07) is -0.00169. The Morgan fingerprint density at radius 1 is 1.44 bits per heavy atom. The summed E-state index contributed by atoms with van der Waals surface area (Å²) in [4.78, 5) is 17.6. The van der Waals surface area contributed by atoms with E-state index in [-0.39, 0.29) is 28.7 Å². The molecule has 0 aromatic rings. The molecule has 0 aromatic carbocycles. The minimum absolute atomic E-state index is 0.00169. The van der Waals surface area contributed by atoms with E-state index in [9.17, 15) is 13.2 Å². The Labute approximate surface area is 112 Å². The Kier molecular flexibility index (Phi) is 4.01. The van der Waals surface area contributed by atoms with E-state index in [1.807, 2.05) is 18.7 Å². The molecule has 2 heterocycles. The highest BCUT2D eigenvalue weighted by atomic mass is 32.2. The number of amides is 1. The molecule has 18 heavy (non-hydrogen) atoms. The summed E-state index contributed by atoms with van der Waals surface area (Å²) in [6.07, 6.45) is 1.24. The van der Waals surface area contributed by atoms with E-state index >= 15 is 0 Å². The largest absolute Gasteiger partial charge is 0.346 e. The fourth-order valence-electron chi connectivity index (χ4n) is 2.38. The first-order valence-electron chi connectivity index (χ1n) is 6.22. The molecule has 2 rings (SSSR count). The van der Waals surface area contributed by atoms with Crippen LogP contribution in [-0.2, 0) is 14.6 Å². The predicted molar refractivity (Wildman–Crippen MR) is 73.6 cm³/mol. The number of carbonyl (C=O) groups is 1. The van der Waals surface area contributed by atoms with Gasteiger partial charge in [-0.05, 0) is 13.3 Å². The summed E-state index contributed by atoms with van der Waals surface area (Å²) in [5.74, 6) is 0.292. The van der Waals surface area contributed by atoms with Gasteiger partial charge in [-0.1, -0.05) is 18.7 Å². The van der Waals surface area contributed by atoms with Gasteiger partial charge in [0, 0.05) is 18.2 Å². The molecule has 0 unspecified atom stereocenters. The second-order valence-electron chi connectivity index (χ2n) is 4.62. The van der Waals surface area contributed by atoms with Crippen molar-refractivity contribution in [2.45, 2.75) is 38.0 Å². The zero-order valence-corrected chi connectivity index (χ0v) is 12.3. The fourth-order valence-corrected chi connectivity index (χ4v) is 6.41. The van der Waals surface area contributed by atoms with E-state index in [2.05, 4.69) is 4.99 Å². The highest BCUT2D eigenvalue weighted by Crippen LogP contribution is 2.37. The van der Waals surface area contributed by atoms with E-state index in [0.717, 1.165) is 6.42 Å². The average molecular weight is 290 g/mol. The van der Waals surface area contributed by atoms with Gasteiger partial charge in [0.25, 0.3) is 0 Å². The molecule has 0 aromatic heterocycles. The molecule has 2 saturated heterocycles. The lowest BCUT2D eigenvalue weighted by molar-refractivity contribution is -0.117. The summed E-state index contributed by atoms with van der Waals surface area (Å²) < 4.78 is 23.2. The summed E-state index contributed by atoms with van der Waals surface area (Å²) in [6.45, 7) is 4.61. The van der Waals surface area contributed by atoms with E-state index < -0.39 is 9.84 Å². The van der Waals surface area contributed by atoms with E-state index in [1.54, 1.807) is 0 Å². The maximum atomic E-state index is 11.6. The Morgan fingerprint density at radius 2 is 2.17 bits per heavy atom. The molecule has 0 saturated carbocycles. The van der Waals surface area contributed by atoms with Crippen molar-refractivity contribution in [1.29, 1.82) is 0 Å². The normalized spacial score (nSPS) is 31.9. The first-order chi connectivity index (χ1) is 8.46. The average Bonchev–Trinajstić information content (AvgIpc) is 2.69. The molecule has 2 fully saturated rings. The van der Waals surface area contributed by atoms with Gasteiger partial charge >= 0.3 is 0 Å². The molecule has 0 N–H and O–H groups in total. The second-order valence-corrected chi connectivity index (χ2v) is 7.98. The van der Waals surface area contributed by atoms with Gasteiger partial charge in [-0.15, -0.1) is 0 Å². The van der Waals surface area contributed by atoms with Gasteiger partial charge in [-0.2, -0.15) is 4.99 Å². The highest BCUT2D eigenvalue weighted by Gasteiger charge is 2.48. The van der Waals surface area contributed by atoms with Crippen LogP contribution in [0.1, 0.15) is 26.7 Å². The minimum Gasteiger partial charge on any atom is -0.346 e. The van der Waals surface area contributed by atoms with Crippen LogP contribution in [0.15, 0.2) is 4.99 Å². The van der Waals surface area contributed by atoms with Gasteiger partial charge in [-0.25, -0.2) is 8.42 Å². The van der Waals surface area contributed by atoms with Crippen molar-refractivity contribution in [3.05, 3.63) is 0 Å². The molecule has 7 heteroatoms. The van der Waals surface area contributed by atoms with Crippen LogP contribution in [0.25, 0.3) is 0 Å². The number of nitrogens with zero attached hydrogens (tertiary/aromatic N) is 2. The zero-order chi connectivity index (χ0) is 13.3. The predicted octanol–water partition coefficient (Wildman–Crippen LogP) is 0.903. The lowest BCUT2D eigenvalue weighted by atomic mass is 10.2. The third-order valence-corrected chi connectivity index (χ3v) is 6.45. The number of carbonyl (C=O) groups excluding carboxylic acids is 1. The minimum atomic E-state index is -2.91. The molecule has 2 atom stereocenters. The molecule has 2 aliphatic heterocycles. The van der Waals surface area contributed by atoms with Crippen molar-refractivity contribution in [3.8, 4) is 0 Å². The summed E-state index contributed by atoms with van der Waals surface area (Å²) in [5.41, 5.74) is 0. The van der Waals surface area contributed by atoms with Crippen molar-refractivity contribution in [2.75, 3.05) is 18.1 Å².